The summed E-state index contributed by atoms with van der Waals surface area (Å²) in [6.45, 7) is 2.23. The molecule has 0 bridgehead atoms. The topological polar surface area (TPSA) is 20.3 Å². The van der Waals surface area contributed by atoms with Crippen LogP contribution in [0.3, 0.4) is 0 Å². The summed E-state index contributed by atoms with van der Waals surface area (Å²) in [4.78, 5) is 14.0. The summed E-state index contributed by atoms with van der Waals surface area (Å²) in [7, 11) is 0. The third-order valence-corrected chi connectivity index (χ3v) is 3.73. The molecule has 0 spiro atoms. The summed E-state index contributed by atoms with van der Waals surface area (Å²) < 4.78 is 0. The molecule has 80 valence electrons. The van der Waals surface area contributed by atoms with E-state index in [4.69, 9.17) is 0 Å². The van der Waals surface area contributed by atoms with Gasteiger partial charge < -0.3 is 4.90 Å². The van der Waals surface area contributed by atoms with Crippen molar-refractivity contribution in [3.63, 3.8) is 0 Å². The van der Waals surface area contributed by atoms with E-state index in [2.05, 4.69) is 11.8 Å². The molecule has 2 fully saturated rings. The van der Waals surface area contributed by atoms with Gasteiger partial charge in [0.05, 0.1) is 0 Å². The molecule has 2 heteroatoms. The highest BCUT2D eigenvalue weighted by Crippen LogP contribution is 2.34. The zero-order valence-corrected chi connectivity index (χ0v) is 9.17. The molecule has 0 aromatic carbocycles. The molecule has 1 amide bonds. The highest BCUT2D eigenvalue weighted by Gasteiger charge is 2.37. The highest BCUT2D eigenvalue weighted by molar-refractivity contribution is 5.78. The fourth-order valence-corrected chi connectivity index (χ4v) is 2.99. The van der Waals surface area contributed by atoms with Crippen LogP contribution in [0.15, 0.2) is 0 Å². The first kappa shape index (κ1) is 10.0. The molecule has 2 aliphatic heterocycles. The fraction of sp³-hybridized carbons (Fsp3) is 0.917. The molecular weight excluding hydrogens is 174 g/mol. The van der Waals surface area contributed by atoms with Gasteiger partial charge in [0, 0.05) is 18.5 Å². The van der Waals surface area contributed by atoms with Gasteiger partial charge in [0.1, 0.15) is 0 Å². The number of piperidine rings is 1. The maximum absolute atomic E-state index is 11.8. The second kappa shape index (κ2) is 4.33. The van der Waals surface area contributed by atoms with E-state index in [1.54, 1.807) is 0 Å². The third kappa shape index (κ3) is 1.79. The average molecular weight is 195 g/mol. The normalized spacial score (nSPS) is 32.1. The molecule has 2 saturated heterocycles. The molecule has 0 aliphatic carbocycles. The Morgan fingerprint density at radius 2 is 2.21 bits per heavy atom. The minimum atomic E-state index is 0.430. The maximum atomic E-state index is 11.8. The van der Waals surface area contributed by atoms with Crippen LogP contribution in [0.2, 0.25) is 0 Å². The average Bonchev–Trinajstić information content (AvgIpc) is 2.59. The number of hydrogen-bond donors (Lipinski definition) is 0. The SMILES string of the molecule is CCCC[C@@H]1CC[C@@H]2CCCC(=O)N12. The van der Waals surface area contributed by atoms with Crippen LogP contribution >= 0.6 is 0 Å². The predicted octanol–water partition coefficient (Wildman–Crippen LogP) is 2.72. The number of nitrogens with zero attached hydrogens (tertiary/aromatic N) is 1. The van der Waals surface area contributed by atoms with Crippen LogP contribution < -0.4 is 0 Å². The molecule has 14 heavy (non-hydrogen) atoms. The lowest BCUT2D eigenvalue weighted by molar-refractivity contribution is -0.136. The van der Waals surface area contributed by atoms with Crippen molar-refractivity contribution in [1.29, 1.82) is 0 Å². The minimum Gasteiger partial charge on any atom is -0.337 e. The van der Waals surface area contributed by atoms with Crippen LogP contribution in [0.4, 0.5) is 0 Å². The first-order valence-electron chi connectivity index (χ1n) is 6.14. The van der Waals surface area contributed by atoms with E-state index in [0.717, 1.165) is 12.8 Å². The molecule has 0 N–H and O–H groups in total. The van der Waals surface area contributed by atoms with Crippen molar-refractivity contribution in [2.24, 2.45) is 0 Å². The van der Waals surface area contributed by atoms with E-state index in [-0.39, 0.29) is 0 Å². The molecule has 2 atom stereocenters. The van der Waals surface area contributed by atoms with Crippen LogP contribution in [-0.2, 0) is 4.79 Å². The van der Waals surface area contributed by atoms with Gasteiger partial charge in [-0.1, -0.05) is 19.8 Å². The standard InChI is InChI=1S/C12H21NO/c1-2-3-5-10-8-9-11-6-4-7-12(14)13(10)11/h10-11H,2-9H2,1H3/t10-,11+/m1/s1. The Balaban J connectivity index is 1.96. The zero-order valence-electron chi connectivity index (χ0n) is 9.17. The lowest BCUT2D eigenvalue weighted by atomic mass is 10.0. The summed E-state index contributed by atoms with van der Waals surface area (Å²) >= 11 is 0. The number of carbonyl (C=O) groups is 1. The predicted molar refractivity (Wildman–Crippen MR) is 57.0 cm³/mol. The van der Waals surface area contributed by atoms with E-state index in [9.17, 15) is 4.79 Å². The van der Waals surface area contributed by atoms with Gasteiger partial charge in [-0.15, -0.1) is 0 Å². The smallest absolute Gasteiger partial charge is 0.223 e. The molecule has 0 aromatic rings. The van der Waals surface area contributed by atoms with Crippen molar-refractivity contribution >= 4 is 5.91 Å². The van der Waals surface area contributed by atoms with Crippen molar-refractivity contribution < 1.29 is 4.79 Å². The number of carbonyl (C=O) groups excluding carboxylic acids is 1. The monoisotopic (exact) mass is 195 g/mol. The van der Waals surface area contributed by atoms with Crippen LogP contribution in [-0.4, -0.2) is 22.9 Å². The highest BCUT2D eigenvalue weighted by atomic mass is 16.2. The first-order chi connectivity index (χ1) is 6.83. The van der Waals surface area contributed by atoms with Gasteiger partial charge in [-0.05, 0) is 32.1 Å². The number of amides is 1. The van der Waals surface area contributed by atoms with E-state index in [1.165, 1.54) is 38.5 Å². The van der Waals surface area contributed by atoms with Gasteiger partial charge >= 0.3 is 0 Å². The molecular formula is C12H21NO. The van der Waals surface area contributed by atoms with Crippen molar-refractivity contribution in [3.05, 3.63) is 0 Å². The Hall–Kier alpha value is -0.530. The second-order valence-electron chi connectivity index (χ2n) is 4.72. The van der Waals surface area contributed by atoms with E-state index < -0.39 is 0 Å². The van der Waals surface area contributed by atoms with Crippen molar-refractivity contribution in [2.75, 3.05) is 0 Å². The number of hydrogen-bond acceptors (Lipinski definition) is 1. The Labute approximate surface area is 86.7 Å². The van der Waals surface area contributed by atoms with E-state index in [1.807, 2.05) is 0 Å². The largest absolute Gasteiger partial charge is 0.337 e. The number of unbranched alkanes of at least 4 members (excludes halogenated alkanes) is 1. The van der Waals surface area contributed by atoms with Crippen molar-refractivity contribution in [2.45, 2.75) is 70.4 Å². The quantitative estimate of drug-likeness (QED) is 0.678. The summed E-state index contributed by atoms with van der Waals surface area (Å²) in [5.74, 6) is 0.430. The van der Waals surface area contributed by atoms with Crippen LogP contribution in [0.1, 0.15) is 58.3 Å². The number of fused-ring (bicyclic) bond motifs is 1. The summed E-state index contributed by atoms with van der Waals surface area (Å²) in [6.07, 6.45) is 9.48. The summed E-state index contributed by atoms with van der Waals surface area (Å²) in [5.41, 5.74) is 0. The van der Waals surface area contributed by atoms with E-state index in [0.29, 0.717) is 18.0 Å². The Morgan fingerprint density at radius 3 is 3.00 bits per heavy atom. The summed E-state index contributed by atoms with van der Waals surface area (Å²) in [6, 6.07) is 1.20. The molecule has 0 radical (unpaired) electrons. The van der Waals surface area contributed by atoms with Crippen LogP contribution in [0, 0.1) is 0 Å². The van der Waals surface area contributed by atoms with Gasteiger partial charge in [0.25, 0.3) is 0 Å². The van der Waals surface area contributed by atoms with Gasteiger partial charge in [0.15, 0.2) is 0 Å². The maximum Gasteiger partial charge on any atom is 0.223 e. The first-order valence-corrected chi connectivity index (χ1v) is 6.14. The number of rotatable bonds is 3. The Kier molecular flexibility index (Phi) is 3.09. The fourth-order valence-electron chi connectivity index (χ4n) is 2.99. The minimum absolute atomic E-state index is 0.430. The van der Waals surface area contributed by atoms with Crippen molar-refractivity contribution in [1.82, 2.24) is 4.90 Å². The van der Waals surface area contributed by atoms with Crippen LogP contribution in [0.25, 0.3) is 0 Å². The summed E-state index contributed by atoms with van der Waals surface area (Å²) in [5, 5.41) is 0. The Morgan fingerprint density at radius 1 is 1.36 bits per heavy atom. The zero-order chi connectivity index (χ0) is 9.97. The lowest BCUT2D eigenvalue weighted by Gasteiger charge is -2.34. The lowest BCUT2D eigenvalue weighted by Crippen LogP contribution is -2.43. The second-order valence-corrected chi connectivity index (χ2v) is 4.72. The van der Waals surface area contributed by atoms with Crippen molar-refractivity contribution in [3.8, 4) is 0 Å². The van der Waals surface area contributed by atoms with Gasteiger partial charge in [-0.2, -0.15) is 0 Å². The molecule has 2 nitrogen and oxygen atoms in total. The molecule has 2 rings (SSSR count). The molecule has 2 heterocycles. The molecule has 0 saturated carbocycles. The Bertz CT molecular complexity index is 214. The van der Waals surface area contributed by atoms with Gasteiger partial charge in [-0.3, -0.25) is 4.79 Å². The molecule has 0 aromatic heterocycles. The van der Waals surface area contributed by atoms with Gasteiger partial charge in [-0.25, -0.2) is 0 Å². The van der Waals surface area contributed by atoms with Gasteiger partial charge in [0.2, 0.25) is 5.91 Å². The third-order valence-electron chi connectivity index (χ3n) is 3.73. The van der Waals surface area contributed by atoms with E-state index >= 15 is 0 Å². The molecule has 2 aliphatic rings. The molecule has 0 unspecified atom stereocenters. The van der Waals surface area contributed by atoms with Crippen LogP contribution in [0.5, 0.6) is 0 Å².